The zero-order chi connectivity index (χ0) is 17.6. The van der Waals surface area contributed by atoms with Crippen molar-refractivity contribution in [3.63, 3.8) is 0 Å². The Morgan fingerprint density at radius 1 is 1.16 bits per heavy atom. The van der Waals surface area contributed by atoms with E-state index in [0.717, 1.165) is 50.1 Å². The highest BCUT2D eigenvalue weighted by Gasteiger charge is 2.23. The summed E-state index contributed by atoms with van der Waals surface area (Å²) in [5, 5.41) is 3.41. The SMILES string of the molecule is CCNCC1CCN(C(=O)c2cncc(-c3ccc(C)cc3)c2)CC1. The lowest BCUT2D eigenvalue weighted by atomic mass is 9.96. The lowest BCUT2D eigenvalue weighted by Gasteiger charge is -2.32. The topological polar surface area (TPSA) is 45.2 Å². The van der Waals surface area contributed by atoms with E-state index in [1.165, 1.54) is 5.56 Å². The van der Waals surface area contributed by atoms with Gasteiger partial charge in [0.2, 0.25) is 0 Å². The molecule has 3 rings (SSSR count). The summed E-state index contributed by atoms with van der Waals surface area (Å²) in [7, 11) is 0. The van der Waals surface area contributed by atoms with E-state index in [2.05, 4.69) is 48.4 Å². The number of pyridine rings is 1. The van der Waals surface area contributed by atoms with Crippen LogP contribution in [0.1, 0.15) is 35.7 Å². The zero-order valence-electron chi connectivity index (χ0n) is 15.2. The van der Waals surface area contributed by atoms with Crippen LogP contribution in [0.15, 0.2) is 42.7 Å². The van der Waals surface area contributed by atoms with E-state index < -0.39 is 0 Å². The number of likely N-dealkylation sites (tertiary alicyclic amines) is 1. The molecule has 132 valence electrons. The second-order valence-corrected chi connectivity index (χ2v) is 6.87. The second-order valence-electron chi connectivity index (χ2n) is 6.87. The summed E-state index contributed by atoms with van der Waals surface area (Å²) in [6, 6.07) is 10.3. The molecule has 0 radical (unpaired) electrons. The highest BCUT2D eigenvalue weighted by Crippen LogP contribution is 2.22. The number of aromatic nitrogens is 1. The predicted octanol–water partition coefficient (Wildman–Crippen LogP) is 3.52. The standard InChI is InChI=1S/C21H27N3O/c1-3-22-13-17-8-10-24(11-9-17)21(25)20-12-19(14-23-15-20)18-6-4-16(2)5-7-18/h4-7,12,14-15,17,22H,3,8-11,13H2,1-2H3. The van der Waals surface area contributed by atoms with Crippen LogP contribution in [0.2, 0.25) is 0 Å². The Morgan fingerprint density at radius 2 is 1.88 bits per heavy atom. The summed E-state index contributed by atoms with van der Waals surface area (Å²) in [4.78, 5) is 19.1. The fourth-order valence-electron chi connectivity index (χ4n) is 3.33. The minimum Gasteiger partial charge on any atom is -0.339 e. The molecule has 1 N–H and O–H groups in total. The second kappa shape index (κ2) is 8.26. The van der Waals surface area contributed by atoms with E-state index >= 15 is 0 Å². The maximum Gasteiger partial charge on any atom is 0.255 e. The van der Waals surface area contributed by atoms with Gasteiger partial charge in [-0.05, 0) is 50.4 Å². The molecular formula is C21H27N3O. The van der Waals surface area contributed by atoms with E-state index in [9.17, 15) is 4.79 Å². The number of piperidine rings is 1. The average molecular weight is 337 g/mol. The lowest BCUT2D eigenvalue weighted by Crippen LogP contribution is -2.40. The van der Waals surface area contributed by atoms with Crippen molar-refractivity contribution in [2.45, 2.75) is 26.7 Å². The van der Waals surface area contributed by atoms with Gasteiger partial charge in [-0.2, -0.15) is 0 Å². The first-order valence-corrected chi connectivity index (χ1v) is 9.19. The number of rotatable bonds is 5. The molecule has 0 unspecified atom stereocenters. The van der Waals surface area contributed by atoms with Gasteiger partial charge >= 0.3 is 0 Å². The third kappa shape index (κ3) is 4.45. The van der Waals surface area contributed by atoms with Gasteiger partial charge in [-0.15, -0.1) is 0 Å². The van der Waals surface area contributed by atoms with Crippen LogP contribution in [-0.2, 0) is 0 Å². The Hall–Kier alpha value is -2.20. The number of amides is 1. The third-order valence-electron chi connectivity index (χ3n) is 4.95. The quantitative estimate of drug-likeness (QED) is 0.908. The van der Waals surface area contributed by atoms with E-state index in [4.69, 9.17) is 0 Å². The number of carbonyl (C=O) groups is 1. The van der Waals surface area contributed by atoms with Crippen molar-refractivity contribution < 1.29 is 4.79 Å². The van der Waals surface area contributed by atoms with Gasteiger partial charge in [0.1, 0.15) is 0 Å². The van der Waals surface area contributed by atoms with Crippen LogP contribution in [0.5, 0.6) is 0 Å². The monoisotopic (exact) mass is 337 g/mol. The minimum absolute atomic E-state index is 0.100. The van der Waals surface area contributed by atoms with Gasteiger partial charge in [0.15, 0.2) is 0 Å². The number of hydrogen-bond acceptors (Lipinski definition) is 3. The van der Waals surface area contributed by atoms with Crippen molar-refractivity contribution in [1.29, 1.82) is 0 Å². The van der Waals surface area contributed by atoms with Crippen molar-refractivity contribution in [2.24, 2.45) is 5.92 Å². The molecule has 0 atom stereocenters. The van der Waals surface area contributed by atoms with Gasteiger partial charge in [-0.25, -0.2) is 0 Å². The molecule has 2 aromatic rings. The van der Waals surface area contributed by atoms with Gasteiger partial charge in [0, 0.05) is 31.0 Å². The molecule has 1 saturated heterocycles. The highest BCUT2D eigenvalue weighted by atomic mass is 16.2. The zero-order valence-corrected chi connectivity index (χ0v) is 15.2. The first-order chi connectivity index (χ1) is 12.2. The molecule has 1 aliphatic rings. The maximum atomic E-state index is 12.8. The Balaban J connectivity index is 1.67. The largest absolute Gasteiger partial charge is 0.339 e. The fourth-order valence-corrected chi connectivity index (χ4v) is 3.33. The summed E-state index contributed by atoms with van der Waals surface area (Å²) in [6.07, 6.45) is 5.66. The molecule has 1 aromatic carbocycles. The van der Waals surface area contributed by atoms with Crippen molar-refractivity contribution in [3.8, 4) is 11.1 Å². The molecule has 25 heavy (non-hydrogen) atoms. The van der Waals surface area contributed by atoms with Crippen LogP contribution in [0.4, 0.5) is 0 Å². The Kier molecular flexibility index (Phi) is 5.82. The first-order valence-electron chi connectivity index (χ1n) is 9.19. The summed E-state index contributed by atoms with van der Waals surface area (Å²) in [5.74, 6) is 0.782. The van der Waals surface area contributed by atoms with Crippen LogP contribution in [0.25, 0.3) is 11.1 Å². The Morgan fingerprint density at radius 3 is 2.56 bits per heavy atom. The number of benzene rings is 1. The number of nitrogens with one attached hydrogen (secondary N) is 1. The maximum absolute atomic E-state index is 12.8. The van der Waals surface area contributed by atoms with Crippen LogP contribution in [0, 0.1) is 12.8 Å². The average Bonchev–Trinajstić information content (AvgIpc) is 2.67. The molecule has 1 aliphatic heterocycles. The molecule has 0 spiro atoms. The molecule has 0 saturated carbocycles. The molecule has 1 amide bonds. The fraction of sp³-hybridized carbons (Fsp3) is 0.429. The van der Waals surface area contributed by atoms with Crippen LogP contribution >= 0.6 is 0 Å². The molecule has 2 heterocycles. The third-order valence-corrected chi connectivity index (χ3v) is 4.95. The van der Waals surface area contributed by atoms with E-state index in [0.29, 0.717) is 11.5 Å². The summed E-state index contributed by atoms with van der Waals surface area (Å²) < 4.78 is 0. The van der Waals surface area contributed by atoms with E-state index in [1.807, 2.05) is 17.2 Å². The van der Waals surface area contributed by atoms with Crippen molar-refractivity contribution in [2.75, 3.05) is 26.2 Å². The smallest absolute Gasteiger partial charge is 0.255 e. The highest BCUT2D eigenvalue weighted by molar-refractivity contribution is 5.95. The molecule has 1 aromatic heterocycles. The van der Waals surface area contributed by atoms with Gasteiger partial charge in [-0.3, -0.25) is 9.78 Å². The summed E-state index contributed by atoms with van der Waals surface area (Å²) in [6.45, 7) is 7.95. The molecule has 4 heteroatoms. The Labute approximate surface area is 150 Å². The van der Waals surface area contributed by atoms with Gasteiger partial charge in [-0.1, -0.05) is 36.8 Å². The number of hydrogen-bond donors (Lipinski definition) is 1. The predicted molar refractivity (Wildman–Crippen MR) is 102 cm³/mol. The van der Waals surface area contributed by atoms with Gasteiger partial charge < -0.3 is 10.2 Å². The van der Waals surface area contributed by atoms with Crippen LogP contribution in [-0.4, -0.2) is 42.0 Å². The number of carbonyl (C=O) groups excluding carboxylic acids is 1. The molecule has 0 aliphatic carbocycles. The number of nitrogens with zero attached hydrogens (tertiary/aromatic N) is 2. The minimum atomic E-state index is 0.100. The molecule has 4 nitrogen and oxygen atoms in total. The normalized spacial score (nSPS) is 15.4. The summed E-state index contributed by atoms with van der Waals surface area (Å²) >= 11 is 0. The van der Waals surface area contributed by atoms with Crippen molar-refractivity contribution >= 4 is 5.91 Å². The Bertz CT molecular complexity index is 703. The lowest BCUT2D eigenvalue weighted by molar-refractivity contribution is 0.0690. The summed E-state index contributed by atoms with van der Waals surface area (Å²) in [5.41, 5.74) is 4.00. The van der Waals surface area contributed by atoms with Crippen molar-refractivity contribution in [3.05, 3.63) is 53.9 Å². The molecule has 0 bridgehead atoms. The first kappa shape index (κ1) is 17.6. The van der Waals surface area contributed by atoms with E-state index in [1.54, 1.807) is 6.20 Å². The molecular weight excluding hydrogens is 310 g/mol. The number of aryl methyl sites for hydroxylation is 1. The van der Waals surface area contributed by atoms with Crippen molar-refractivity contribution in [1.82, 2.24) is 15.2 Å². The van der Waals surface area contributed by atoms with E-state index in [-0.39, 0.29) is 5.91 Å². The molecule has 1 fully saturated rings. The van der Waals surface area contributed by atoms with Crippen LogP contribution in [0.3, 0.4) is 0 Å². The van der Waals surface area contributed by atoms with Crippen LogP contribution < -0.4 is 5.32 Å². The van der Waals surface area contributed by atoms with Gasteiger partial charge in [0.05, 0.1) is 5.56 Å². The van der Waals surface area contributed by atoms with Gasteiger partial charge in [0.25, 0.3) is 5.91 Å².